The maximum atomic E-state index is 6.00. The van der Waals surface area contributed by atoms with Gasteiger partial charge in [0.2, 0.25) is 0 Å². The summed E-state index contributed by atoms with van der Waals surface area (Å²) in [4.78, 5) is 8.50. The molecule has 0 saturated carbocycles. The largest absolute Gasteiger partial charge is 0.399 e. The highest BCUT2D eigenvalue weighted by molar-refractivity contribution is 6.23. The second kappa shape index (κ2) is 6.76. The molecule has 3 N–H and O–H groups in total. The maximum Gasteiger partial charge on any atom is 0.138 e. The summed E-state index contributed by atoms with van der Waals surface area (Å²) in [5.41, 5.74) is 11.0. The van der Waals surface area contributed by atoms with E-state index in [2.05, 4.69) is 60.4 Å². The number of imidazole rings is 1. The summed E-state index contributed by atoms with van der Waals surface area (Å²) in [6, 6.07) is 22.9. The Bertz CT molecular complexity index is 1190. The summed E-state index contributed by atoms with van der Waals surface area (Å²) < 4.78 is 0. The Hall–Kier alpha value is -3.33. The van der Waals surface area contributed by atoms with Crippen molar-refractivity contribution in [2.75, 3.05) is 5.73 Å². The van der Waals surface area contributed by atoms with Gasteiger partial charge in [-0.1, -0.05) is 68.4 Å². The maximum absolute atomic E-state index is 6.00. The van der Waals surface area contributed by atoms with Crippen molar-refractivity contribution in [2.24, 2.45) is 0 Å². The van der Waals surface area contributed by atoms with Crippen LogP contribution in [-0.4, -0.2) is 9.97 Å². The lowest BCUT2D eigenvalue weighted by molar-refractivity contribution is 1.31. The van der Waals surface area contributed by atoms with E-state index in [-0.39, 0.29) is 0 Å². The number of rotatable bonds is 1. The smallest absolute Gasteiger partial charge is 0.138 e. The number of benzene rings is 4. The Morgan fingerprint density at radius 3 is 2.07 bits per heavy atom. The van der Waals surface area contributed by atoms with E-state index in [4.69, 9.17) is 10.7 Å². The van der Waals surface area contributed by atoms with E-state index in [1.807, 2.05) is 32.0 Å². The molecule has 0 bridgehead atoms. The van der Waals surface area contributed by atoms with Crippen LogP contribution in [0.25, 0.3) is 44.0 Å². The summed E-state index contributed by atoms with van der Waals surface area (Å²) in [6.07, 6.45) is 0. The fraction of sp³-hybridized carbons (Fsp3) is 0.125. The molecule has 3 heteroatoms. The molecule has 0 spiro atoms. The van der Waals surface area contributed by atoms with Gasteiger partial charge in [-0.2, -0.15) is 0 Å². The fourth-order valence-electron chi connectivity index (χ4n) is 3.65. The molecule has 0 aliphatic heterocycles. The number of H-pyrrole nitrogens is 1. The SMILES string of the molecule is CC.Cc1ccc(N)cc1-c1nc2c3ccccc3c3ccccc3c2[nH]1. The number of nitrogens with two attached hydrogens (primary N) is 1. The van der Waals surface area contributed by atoms with E-state index in [0.717, 1.165) is 33.7 Å². The van der Waals surface area contributed by atoms with Gasteiger partial charge < -0.3 is 10.7 Å². The number of hydrogen-bond acceptors (Lipinski definition) is 2. The summed E-state index contributed by atoms with van der Waals surface area (Å²) in [5.74, 6) is 0.862. The van der Waals surface area contributed by atoms with Gasteiger partial charge >= 0.3 is 0 Å². The highest BCUT2D eigenvalue weighted by Gasteiger charge is 2.14. The lowest BCUT2D eigenvalue weighted by Gasteiger charge is -2.05. The van der Waals surface area contributed by atoms with Gasteiger partial charge in [-0.15, -0.1) is 0 Å². The third kappa shape index (κ3) is 2.72. The molecule has 134 valence electrons. The van der Waals surface area contributed by atoms with Gasteiger partial charge in [0.25, 0.3) is 0 Å². The van der Waals surface area contributed by atoms with E-state index < -0.39 is 0 Å². The molecule has 0 aliphatic carbocycles. The highest BCUT2D eigenvalue weighted by atomic mass is 14.9. The van der Waals surface area contributed by atoms with E-state index in [0.29, 0.717) is 0 Å². The van der Waals surface area contributed by atoms with Crippen LogP contribution in [0.3, 0.4) is 0 Å². The average Bonchev–Trinajstić information content (AvgIpc) is 3.17. The van der Waals surface area contributed by atoms with Crippen LogP contribution in [0.4, 0.5) is 5.69 Å². The molecule has 0 amide bonds. The lowest BCUT2D eigenvalue weighted by atomic mass is 10.0. The van der Waals surface area contributed by atoms with Crippen LogP contribution < -0.4 is 5.73 Å². The molecule has 0 radical (unpaired) electrons. The monoisotopic (exact) mass is 353 g/mol. The van der Waals surface area contributed by atoms with Crippen molar-refractivity contribution in [1.82, 2.24) is 9.97 Å². The van der Waals surface area contributed by atoms with Crippen molar-refractivity contribution in [3.05, 3.63) is 72.3 Å². The Labute approximate surface area is 158 Å². The zero-order chi connectivity index (χ0) is 19.0. The quantitative estimate of drug-likeness (QED) is 0.269. The average molecular weight is 353 g/mol. The molecule has 0 saturated heterocycles. The molecule has 0 aliphatic rings. The number of nitrogens with one attached hydrogen (secondary N) is 1. The predicted octanol–water partition coefficient (Wildman–Crippen LogP) is 6.45. The van der Waals surface area contributed by atoms with Crippen molar-refractivity contribution in [2.45, 2.75) is 20.8 Å². The molecule has 0 fully saturated rings. The van der Waals surface area contributed by atoms with Crippen LogP contribution in [0.5, 0.6) is 0 Å². The second-order valence-corrected chi connectivity index (χ2v) is 6.47. The molecule has 4 aromatic carbocycles. The first-order valence-corrected chi connectivity index (χ1v) is 9.38. The molecular formula is C24H23N3. The Morgan fingerprint density at radius 1 is 0.778 bits per heavy atom. The Morgan fingerprint density at radius 2 is 1.37 bits per heavy atom. The van der Waals surface area contributed by atoms with Crippen LogP contribution >= 0.6 is 0 Å². The van der Waals surface area contributed by atoms with E-state index in [1.165, 1.54) is 21.5 Å². The Balaban J connectivity index is 0.000000872. The number of aromatic nitrogens is 2. The first-order chi connectivity index (χ1) is 13.2. The summed E-state index contributed by atoms with van der Waals surface area (Å²) in [5, 5.41) is 4.83. The standard InChI is InChI=1S/C22H17N3.C2H6/c1-13-10-11-14(23)12-19(13)22-24-20-17-8-4-2-6-15(17)16-7-3-5-9-18(16)21(20)25-22;1-2/h2-12H,23H2,1H3,(H,24,25);1-2H3. The van der Waals surface area contributed by atoms with Crippen LogP contribution in [0.15, 0.2) is 66.7 Å². The lowest BCUT2D eigenvalue weighted by Crippen LogP contribution is -1.90. The minimum atomic E-state index is 0.746. The first kappa shape index (κ1) is 17.1. The summed E-state index contributed by atoms with van der Waals surface area (Å²) in [7, 11) is 0. The molecule has 5 aromatic rings. The van der Waals surface area contributed by atoms with Crippen LogP contribution in [0, 0.1) is 6.92 Å². The van der Waals surface area contributed by atoms with Gasteiger partial charge in [-0.05, 0) is 35.4 Å². The first-order valence-electron chi connectivity index (χ1n) is 9.38. The third-order valence-corrected chi connectivity index (χ3v) is 4.89. The van der Waals surface area contributed by atoms with Crippen LogP contribution in [0.1, 0.15) is 19.4 Å². The number of hydrogen-bond donors (Lipinski definition) is 2. The number of fused-ring (bicyclic) bond motifs is 6. The zero-order valence-electron chi connectivity index (χ0n) is 15.9. The van der Waals surface area contributed by atoms with Crippen molar-refractivity contribution in [3.63, 3.8) is 0 Å². The number of nitrogens with zero attached hydrogens (tertiary/aromatic N) is 1. The molecule has 5 rings (SSSR count). The topological polar surface area (TPSA) is 54.7 Å². The van der Waals surface area contributed by atoms with Crippen LogP contribution in [0.2, 0.25) is 0 Å². The molecule has 1 heterocycles. The number of nitrogen functional groups attached to an aromatic ring is 1. The van der Waals surface area contributed by atoms with E-state index >= 15 is 0 Å². The van der Waals surface area contributed by atoms with Crippen molar-refractivity contribution in [1.29, 1.82) is 0 Å². The summed E-state index contributed by atoms with van der Waals surface area (Å²) >= 11 is 0. The van der Waals surface area contributed by atoms with Gasteiger partial charge in [0.05, 0.1) is 11.0 Å². The summed E-state index contributed by atoms with van der Waals surface area (Å²) in [6.45, 7) is 6.08. The van der Waals surface area contributed by atoms with Crippen molar-refractivity contribution in [3.8, 4) is 11.4 Å². The number of anilines is 1. The van der Waals surface area contributed by atoms with Gasteiger partial charge in [-0.3, -0.25) is 0 Å². The third-order valence-electron chi connectivity index (χ3n) is 4.89. The second-order valence-electron chi connectivity index (χ2n) is 6.47. The molecule has 0 unspecified atom stereocenters. The minimum Gasteiger partial charge on any atom is -0.399 e. The van der Waals surface area contributed by atoms with Gasteiger partial charge in [0, 0.05) is 22.0 Å². The van der Waals surface area contributed by atoms with E-state index in [1.54, 1.807) is 0 Å². The molecule has 0 atom stereocenters. The minimum absolute atomic E-state index is 0.746. The molecule has 1 aromatic heterocycles. The zero-order valence-corrected chi connectivity index (χ0v) is 15.9. The van der Waals surface area contributed by atoms with Crippen LogP contribution in [-0.2, 0) is 0 Å². The van der Waals surface area contributed by atoms with Gasteiger partial charge in [0.15, 0.2) is 0 Å². The Kier molecular flexibility index (Phi) is 4.28. The fourth-order valence-corrected chi connectivity index (χ4v) is 3.65. The van der Waals surface area contributed by atoms with Crippen molar-refractivity contribution >= 4 is 38.3 Å². The predicted molar refractivity (Wildman–Crippen MR) is 117 cm³/mol. The van der Waals surface area contributed by atoms with Crippen molar-refractivity contribution < 1.29 is 0 Å². The highest BCUT2D eigenvalue weighted by Crippen LogP contribution is 2.35. The van der Waals surface area contributed by atoms with E-state index in [9.17, 15) is 0 Å². The molecular weight excluding hydrogens is 330 g/mol. The van der Waals surface area contributed by atoms with Gasteiger partial charge in [-0.25, -0.2) is 4.98 Å². The van der Waals surface area contributed by atoms with Gasteiger partial charge in [0.1, 0.15) is 5.82 Å². The molecule has 27 heavy (non-hydrogen) atoms. The number of aromatic amines is 1. The number of aryl methyl sites for hydroxylation is 1. The normalized spacial score (nSPS) is 10.9. The molecule has 3 nitrogen and oxygen atoms in total.